The zero-order valence-corrected chi connectivity index (χ0v) is 12.2. The van der Waals surface area contributed by atoms with E-state index in [0.717, 1.165) is 35.7 Å². The van der Waals surface area contributed by atoms with Crippen molar-refractivity contribution in [1.82, 2.24) is 10.3 Å². The highest BCUT2D eigenvalue weighted by Gasteiger charge is 2.05. The summed E-state index contributed by atoms with van der Waals surface area (Å²) in [6.45, 7) is 1.53. The van der Waals surface area contributed by atoms with E-state index in [1.165, 1.54) is 12.1 Å². The lowest BCUT2D eigenvalue weighted by Gasteiger charge is -2.01. The summed E-state index contributed by atoms with van der Waals surface area (Å²) < 4.78 is 18.6. The molecule has 21 heavy (non-hydrogen) atoms. The summed E-state index contributed by atoms with van der Waals surface area (Å²) in [4.78, 5) is 4.24. The van der Waals surface area contributed by atoms with Crippen molar-refractivity contribution in [2.24, 2.45) is 0 Å². The van der Waals surface area contributed by atoms with E-state index in [9.17, 15) is 4.39 Å². The van der Waals surface area contributed by atoms with Crippen LogP contribution in [-0.4, -0.2) is 11.5 Å². The minimum atomic E-state index is -0.241. The molecule has 2 aromatic heterocycles. The molecule has 108 valence electrons. The molecule has 0 aliphatic rings. The van der Waals surface area contributed by atoms with Gasteiger partial charge in [-0.2, -0.15) is 0 Å². The van der Waals surface area contributed by atoms with Gasteiger partial charge in [0, 0.05) is 23.9 Å². The quantitative estimate of drug-likeness (QED) is 0.702. The Morgan fingerprint density at radius 2 is 2.00 bits per heavy atom. The SMILES string of the molecule is Fc1ccc(-c2ccc(CNCCc3cscn3)o2)cc1. The lowest BCUT2D eigenvalue weighted by Crippen LogP contribution is -2.16. The zero-order chi connectivity index (χ0) is 14.5. The molecule has 3 nitrogen and oxygen atoms in total. The molecule has 0 fully saturated rings. The molecular weight excluding hydrogens is 287 g/mol. The molecule has 1 aromatic carbocycles. The van der Waals surface area contributed by atoms with Crippen molar-refractivity contribution >= 4 is 11.3 Å². The average Bonchev–Trinajstić information content (AvgIpc) is 3.16. The molecule has 0 radical (unpaired) electrons. The third kappa shape index (κ3) is 3.77. The summed E-state index contributed by atoms with van der Waals surface area (Å²) in [6, 6.07) is 10.1. The summed E-state index contributed by atoms with van der Waals surface area (Å²) in [5.74, 6) is 1.38. The lowest BCUT2D eigenvalue weighted by atomic mass is 10.2. The first kappa shape index (κ1) is 14.0. The summed E-state index contributed by atoms with van der Waals surface area (Å²) >= 11 is 1.61. The number of benzene rings is 1. The number of rotatable bonds is 6. The first-order chi connectivity index (χ1) is 10.3. The minimum absolute atomic E-state index is 0.241. The van der Waals surface area contributed by atoms with Gasteiger partial charge in [0.2, 0.25) is 0 Å². The van der Waals surface area contributed by atoms with E-state index in [-0.39, 0.29) is 5.82 Å². The van der Waals surface area contributed by atoms with Gasteiger partial charge in [-0.05, 0) is 36.4 Å². The summed E-state index contributed by atoms with van der Waals surface area (Å²) in [5, 5.41) is 5.38. The molecular formula is C16H15FN2OS. The summed E-state index contributed by atoms with van der Waals surface area (Å²) in [7, 11) is 0. The number of nitrogens with zero attached hydrogens (tertiary/aromatic N) is 1. The van der Waals surface area contributed by atoms with Gasteiger partial charge in [0.15, 0.2) is 0 Å². The van der Waals surface area contributed by atoms with E-state index in [2.05, 4.69) is 15.7 Å². The van der Waals surface area contributed by atoms with Crippen molar-refractivity contribution < 1.29 is 8.81 Å². The molecule has 0 aliphatic heterocycles. The topological polar surface area (TPSA) is 38.1 Å². The van der Waals surface area contributed by atoms with Crippen molar-refractivity contribution in [2.75, 3.05) is 6.54 Å². The van der Waals surface area contributed by atoms with E-state index in [4.69, 9.17) is 4.42 Å². The van der Waals surface area contributed by atoms with Crippen LogP contribution in [0.1, 0.15) is 11.5 Å². The van der Waals surface area contributed by atoms with Crippen LogP contribution in [0.5, 0.6) is 0 Å². The number of aromatic nitrogens is 1. The second kappa shape index (κ2) is 6.65. The standard InChI is InChI=1S/C16H15FN2OS/c17-13-3-1-12(2-4-13)16-6-5-15(20-16)9-18-8-7-14-10-21-11-19-14/h1-6,10-11,18H,7-9H2. The largest absolute Gasteiger partial charge is 0.460 e. The molecule has 2 heterocycles. The predicted molar refractivity (Wildman–Crippen MR) is 81.6 cm³/mol. The second-order valence-electron chi connectivity index (χ2n) is 4.68. The molecule has 0 saturated carbocycles. The third-order valence-corrected chi connectivity index (χ3v) is 3.77. The van der Waals surface area contributed by atoms with Crippen LogP contribution in [0.4, 0.5) is 4.39 Å². The highest BCUT2D eigenvalue weighted by atomic mass is 32.1. The third-order valence-electron chi connectivity index (χ3n) is 3.13. The summed E-state index contributed by atoms with van der Waals surface area (Å²) in [6.07, 6.45) is 0.912. The van der Waals surface area contributed by atoms with Gasteiger partial charge in [0.05, 0.1) is 17.7 Å². The fourth-order valence-electron chi connectivity index (χ4n) is 2.03. The molecule has 0 unspecified atom stereocenters. The van der Waals surface area contributed by atoms with Gasteiger partial charge in [-0.3, -0.25) is 0 Å². The van der Waals surface area contributed by atoms with Crippen molar-refractivity contribution in [1.29, 1.82) is 0 Å². The van der Waals surface area contributed by atoms with Crippen LogP contribution in [-0.2, 0) is 13.0 Å². The lowest BCUT2D eigenvalue weighted by molar-refractivity contribution is 0.494. The predicted octanol–water partition coefficient (Wildman–Crippen LogP) is 3.87. The summed E-state index contributed by atoms with van der Waals surface area (Å²) in [5.41, 5.74) is 3.83. The van der Waals surface area contributed by atoms with Crippen LogP contribution < -0.4 is 5.32 Å². The Balaban J connectivity index is 1.52. The molecule has 5 heteroatoms. The van der Waals surface area contributed by atoms with Crippen LogP contribution >= 0.6 is 11.3 Å². The van der Waals surface area contributed by atoms with Crippen LogP contribution in [0.2, 0.25) is 0 Å². The number of hydrogen-bond donors (Lipinski definition) is 1. The van der Waals surface area contributed by atoms with E-state index in [1.807, 2.05) is 17.6 Å². The molecule has 0 amide bonds. The van der Waals surface area contributed by atoms with Crippen molar-refractivity contribution in [2.45, 2.75) is 13.0 Å². The zero-order valence-electron chi connectivity index (χ0n) is 11.4. The first-order valence-electron chi connectivity index (χ1n) is 6.74. The second-order valence-corrected chi connectivity index (χ2v) is 5.40. The number of thiazole rings is 1. The molecule has 1 N–H and O–H groups in total. The van der Waals surface area contributed by atoms with Crippen LogP contribution in [0.3, 0.4) is 0 Å². The Labute approximate surface area is 126 Å². The molecule has 0 saturated heterocycles. The highest BCUT2D eigenvalue weighted by Crippen LogP contribution is 2.22. The van der Waals surface area contributed by atoms with Crippen molar-refractivity contribution in [3.63, 3.8) is 0 Å². The number of nitrogens with one attached hydrogen (secondary N) is 1. The molecule has 0 atom stereocenters. The van der Waals surface area contributed by atoms with Gasteiger partial charge in [0.1, 0.15) is 17.3 Å². The van der Waals surface area contributed by atoms with Crippen molar-refractivity contribution in [3.8, 4) is 11.3 Å². The van der Waals surface area contributed by atoms with E-state index < -0.39 is 0 Å². The average molecular weight is 302 g/mol. The maximum atomic E-state index is 12.9. The fourth-order valence-corrected chi connectivity index (χ4v) is 2.62. The Bertz CT molecular complexity index is 677. The van der Waals surface area contributed by atoms with Gasteiger partial charge in [-0.1, -0.05) is 0 Å². The fraction of sp³-hybridized carbons (Fsp3) is 0.188. The van der Waals surface area contributed by atoms with Crippen molar-refractivity contribution in [3.05, 3.63) is 64.6 Å². The Morgan fingerprint density at radius 3 is 2.76 bits per heavy atom. The smallest absolute Gasteiger partial charge is 0.134 e. The maximum Gasteiger partial charge on any atom is 0.134 e. The number of halogens is 1. The van der Waals surface area contributed by atoms with Gasteiger partial charge in [0.25, 0.3) is 0 Å². The highest BCUT2D eigenvalue weighted by molar-refractivity contribution is 7.07. The van der Waals surface area contributed by atoms with Gasteiger partial charge >= 0.3 is 0 Å². The van der Waals surface area contributed by atoms with Crippen LogP contribution in [0, 0.1) is 5.82 Å². The van der Waals surface area contributed by atoms with Gasteiger partial charge < -0.3 is 9.73 Å². The molecule has 0 bridgehead atoms. The van der Waals surface area contributed by atoms with Gasteiger partial charge in [-0.25, -0.2) is 9.37 Å². The van der Waals surface area contributed by atoms with Gasteiger partial charge in [-0.15, -0.1) is 11.3 Å². The number of furan rings is 1. The minimum Gasteiger partial charge on any atom is -0.460 e. The Kier molecular flexibility index (Phi) is 4.43. The van der Waals surface area contributed by atoms with E-state index in [1.54, 1.807) is 23.5 Å². The molecule has 3 rings (SSSR count). The number of hydrogen-bond acceptors (Lipinski definition) is 4. The Morgan fingerprint density at radius 1 is 1.14 bits per heavy atom. The van der Waals surface area contributed by atoms with Crippen LogP contribution in [0.25, 0.3) is 11.3 Å². The molecule has 0 spiro atoms. The molecule has 3 aromatic rings. The monoisotopic (exact) mass is 302 g/mol. The molecule has 0 aliphatic carbocycles. The van der Waals surface area contributed by atoms with E-state index in [0.29, 0.717) is 6.54 Å². The maximum absolute atomic E-state index is 12.9. The van der Waals surface area contributed by atoms with E-state index >= 15 is 0 Å². The van der Waals surface area contributed by atoms with Crippen LogP contribution in [0.15, 0.2) is 51.7 Å². The normalized spacial score (nSPS) is 10.9. The first-order valence-corrected chi connectivity index (χ1v) is 7.68. The Hall–Kier alpha value is -1.98.